The first kappa shape index (κ1) is 25.5. The van der Waals surface area contributed by atoms with E-state index in [0.717, 1.165) is 41.9 Å². The Balaban J connectivity index is 0.00000324. The molecule has 0 radical (unpaired) electrons. The van der Waals surface area contributed by atoms with E-state index in [1.807, 2.05) is 42.8 Å². The number of aromatic nitrogens is 4. The van der Waals surface area contributed by atoms with Crippen LogP contribution in [0.2, 0.25) is 0 Å². The first-order valence-electron chi connectivity index (χ1n) is 11.1. The fraction of sp³-hybridized carbons (Fsp3) is 0.320. The van der Waals surface area contributed by atoms with Gasteiger partial charge in [0, 0.05) is 30.2 Å². The van der Waals surface area contributed by atoms with Crippen molar-refractivity contribution in [3.63, 3.8) is 0 Å². The largest absolute Gasteiger partial charge is 0.497 e. The Kier molecular flexibility index (Phi) is 8.91. The summed E-state index contributed by atoms with van der Waals surface area (Å²) in [6.45, 7) is 5.93. The summed E-state index contributed by atoms with van der Waals surface area (Å²) in [5.41, 5.74) is 4.82. The molecule has 34 heavy (non-hydrogen) atoms. The van der Waals surface area contributed by atoms with Gasteiger partial charge >= 0.3 is 0 Å². The van der Waals surface area contributed by atoms with Crippen molar-refractivity contribution in [1.82, 2.24) is 30.4 Å². The number of halogens is 1. The van der Waals surface area contributed by atoms with Crippen molar-refractivity contribution in [2.75, 3.05) is 13.7 Å². The summed E-state index contributed by atoms with van der Waals surface area (Å²) in [6, 6.07) is 16.4. The maximum absolute atomic E-state index is 5.25. The van der Waals surface area contributed by atoms with Gasteiger partial charge in [0.05, 0.1) is 20.2 Å². The van der Waals surface area contributed by atoms with Crippen LogP contribution in [0.5, 0.6) is 5.75 Å². The van der Waals surface area contributed by atoms with Crippen molar-refractivity contribution in [2.24, 2.45) is 12.0 Å². The molecule has 0 aliphatic carbocycles. The molecule has 0 saturated carbocycles. The van der Waals surface area contributed by atoms with Gasteiger partial charge in [-0.05, 0) is 49.6 Å². The lowest BCUT2D eigenvalue weighted by atomic mass is 10.1. The number of guanidine groups is 1. The van der Waals surface area contributed by atoms with Crippen LogP contribution in [0.1, 0.15) is 28.5 Å². The molecule has 2 aromatic heterocycles. The Morgan fingerprint density at radius 2 is 1.82 bits per heavy atom. The average molecular weight is 573 g/mol. The number of nitrogens with zero attached hydrogens (tertiary/aromatic N) is 4. The zero-order valence-electron chi connectivity index (χ0n) is 20.1. The van der Waals surface area contributed by atoms with E-state index >= 15 is 0 Å². The minimum atomic E-state index is 0. The van der Waals surface area contributed by atoms with Crippen LogP contribution in [-0.4, -0.2) is 39.4 Å². The molecule has 0 saturated heterocycles. The number of H-pyrrole nitrogens is 1. The number of benzene rings is 2. The Morgan fingerprint density at radius 3 is 2.53 bits per heavy atom. The number of nitrogens with one attached hydrogen (secondary N) is 3. The average Bonchev–Trinajstić information content (AvgIpc) is 3.33. The molecule has 0 aliphatic heterocycles. The van der Waals surface area contributed by atoms with Crippen molar-refractivity contribution in [2.45, 2.75) is 33.4 Å². The summed E-state index contributed by atoms with van der Waals surface area (Å²) >= 11 is 0. The monoisotopic (exact) mass is 573 g/mol. The zero-order valence-corrected chi connectivity index (χ0v) is 22.4. The number of fused-ring (bicyclic) bond motifs is 1. The normalized spacial score (nSPS) is 11.4. The number of aromatic amines is 1. The maximum Gasteiger partial charge on any atom is 0.191 e. The maximum atomic E-state index is 5.25. The van der Waals surface area contributed by atoms with Gasteiger partial charge in [0.1, 0.15) is 11.6 Å². The molecule has 4 aromatic rings. The minimum Gasteiger partial charge on any atom is -0.497 e. The molecule has 2 heterocycles. The molecular formula is C25H32IN7O. The van der Waals surface area contributed by atoms with E-state index in [4.69, 9.17) is 9.73 Å². The number of aryl methyl sites for hydroxylation is 2. The molecule has 3 N–H and O–H groups in total. The number of para-hydroxylation sites is 1. The molecule has 9 heteroatoms. The molecule has 0 bridgehead atoms. The van der Waals surface area contributed by atoms with Crippen molar-refractivity contribution in [3.05, 3.63) is 77.0 Å². The van der Waals surface area contributed by atoms with Gasteiger partial charge in [-0.1, -0.05) is 30.3 Å². The lowest BCUT2D eigenvalue weighted by Gasteiger charge is -2.13. The zero-order chi connectivity index (χ0) is 23.2. The molecule has 2 aromatic carbocycles. The number of rotatable bonds is 8. The van der Waals surface area contributed by atoms with Crippen LogP contribution in [0.4, 0.5) is 0 Å². The van der Waals surface area contributed by atoms with Crippen molar-refractivity contribution in [3.8, 4) is 5.75 Å². The lowest BCUT2D eigenvalue weighted by molar-refractivity contribution is 0.414. The first-order chi connectivity index (χ1) is 16.0. The SMILES string of the molecule is COc1ccc(CN=C(NCCc2c(C)[nH]c3ccccc23)NCc2nnc(C)n2C)cc1.I. The van der Waals surface area contributed by atoms with E-state index in [1.54, 1.807) is 7.11 Å². The highest BCUT2D eigenvalue weighted by molar-refractivity contribution is 14.0. The summed E-state index contributed by atoms with van der Waals surface area (Å²) in [5.74, 6) is 3.32. The Morgan fingerprint density at radius 1 is 1.06 bits per heavy atom. The molecule has 0 amide bonds. The molecule has 0 unspecified atom stereocenters. The summed E-state index contributed by atoms with van der Waals surface area (Å²) in [6.07, 6.45) is 0.891. The third-order valence-corrected chi connectivity index (χ3v) is 5.87. The van der Waals surface area contributed by atoms with Crippen molar-refractivity contribution < 1.29 is 4.74 Å². The molecular weight excluding hydrogens is 541 g/mol. The quantitative estimate of drug-likeness (QED) is 0.168. The van der Waals surface area contributed by atoms with Crippen LogP contribution in [0.15, 0.2) is 53.5 Å². The highest BCUT2D eigenvalue weighted by Crippen LogP contribution is 2.21. The minimum absolute atomic E-state index is 0. The highest BCUT2D eigenvalue weighted by Gasteiger charge is 2.09. The number of aliphatic imine (C=N–C) groups is 1. The molecule has 0 aliphatic rings. The summed E-state index contributed by atoms with van der Waals surface area (Å²) < 4.78 is 7.22. The predicted octanol–water partition coefficient (Wildman–Crippen LogP) is 4.02. The second-order valence-electron chi connectivity index (χ2n) is 8.04. The van der Waals surface area contributed by atoms with Crippen LogP contribution < -0.4 is 15.4 Å². The summed E-state index contributed by atoms with van der Waals surface area (Å²) in [4.78, 5) is 8.27. The molecule has 8 nitrogen and oxygen atoms in total. The second-order valence-corrected chi connectivity index (χ2v) is 8.04. The Hall–Kier alpha value is -3.08. The topological polar surface area (TPSA) is 92.2 Å². The van der Waals surface area contributed by atoms with Crippen LogP contribution in [0.25, 0.3) is 10.9 Å². The standard InChI is InChI=1S/C25H31N7O.HI/c1-17-21(22-7-5-6-8-23(22)29-17)13-14-26-25(28-16-24-31-30-18(2)32(24)3)27-15-19-9-11-20(33-4)12-10-19;/h5-12,29H,13-16H2,1-4H3,(H2,26,27,28);1H. The van der Waals surface area contributed by atoms with E-state index in [9.17, 15) is 0 Å². The number of ether oxygens (including phenoxy) is 1. The summed E-state index contributed by atoms with van der Waals surface area (Å²) in [5, 5.41) is 16.5. The van der Waals surface area contributed by atoms with Gasteiger partial charge in [-0.25, -0.2) is 4.99 Å². The molecule has 180 valence electrons. The van der Waals surface area contributed by atoms with Crippen LogP contribution in [-0.2, 0) is 26.6 Å². The number of hydrogen-bond donors (Lipinski definition) is 3. The summed E-state index contributed by atoms with van der Waals surface area (Å²) in [7, 11) is 3.64. The van der Waals surface area contributed by atoms with Gasteiger partial charge < -0.3 is 24.9 Å². The molecule has 0 fully saturated rings. The molecule has 4 rings (SSSR count). The van der Waals surface area contributed by atoms with E-state index in [0.29, 0.717) is 13.1 Å². The third-order valence-electron chi connectivity index (χ3n) is 5.87. The smallest absolute Gasteiger partial charge is 0.191 e. The highest BCUT2D eigenvalue weighted by atomic mass is 127. The van der Waals surface area contributed by atoms with Gasteiger partial charge in [-0.2, -0.15) is 0 Å². The number of hydrogen-bond acceptors (Lipinski definition) is 4. The van der Waals surface area contributed by atoms with E-state index < -0.39 is 0 Å². The van der Waals surface area contributed by atoms with Crippen molar-refractivity contribution >= 4 is 40.8 Å². The third kappa shape index (κ3) is 6.07. The predicted molar refractivity (Wildman–Crippen MR) is 147 cm³/mol. The van der Waals surface area contributed by atoms with E-state index in [1.165, 1.54) is 22.2 Å². The van der Waals surface area contributed by atoms with Gasteiger partial charge in [0.25, 0.3) is 0 Å². The Bertz CT molecular complexity index is 1240. The number of methoxy groups -OCH3 is 1. The first-order valence-corrected chi connectivity index (χ1v) is 11.1. The molecule has 0 atom stereocenters. The second kappa shape index (κ2) is 11.9. The van der Waals surface area contributed by atoms with E-state index in [-0.39, 0.29) is 24.0 Å². The van der Waals surface area contributed by atoms with Crippen LogP contribution >= 0.6 is 24.0 Å². The van der Waals surface area contributed by atoms with Gasteiger partial charge in [0.2, 0.25) is 0 Å². The van der Waals surface area contributed by atoms with Crippen molar-refractivity contribution in [1.29, 1.82) is 0 Å². The van der Waals surface area contributed by atoms with Crippen LogP contribution in [0, 0.1) is 13.8 Å². The lowest BCUT2D eigenvalue weighted by Crippen LogP contribution is -2.38. The Labute approximate surface area is 217 Å². The van der Waals surface area contributed by atoms with Gasteiger partial charge in [-0.15, -0.1) is 34.2 Å². The van der Waals surface area contributed by atoms with Crippen LogP contribution in [0.3, 0.4) is 0 Å². The van der Waals surface area contributed by atoms with Gasteiger partial charge in [0.15, 0.2) is 11.8 Å². The fourth-order valence-electron chi connectivity index (χ4n) is 3.81. The van der Waals surface area contributed by atoms with E-state index in [2.05, 4.69) is 57.0 Å². The van der Waals surface area contributed by atoms with Gasteiger partial charge in [-0.3, -0.25) is 0 Å². The molecule has 0 spiro atoms. The fourth-order valence-corrected chi connectivity index (χ4v) is 3.81.